The summed E-state index contributed by atoms with van der Waals surface area (Å²) >= 11 is 4.96. The van der Waals surface area contributed by atoms with Crippen molar-refractivity contribution in [2.45, 2.75) is 18.7 Å². The standard InChI is InChI=1S/C16H25N5O3S2/c1-3-17-16(25)19-18-15(22)12-20-8-10-21(11-9-20)26(23,24)14-6-4-13(2)5-7-14/h4-7H,3,8-12H2,1-2H3,(H,18,22)(H2,17,19,25). The molecule has 0 spiro atoms. The Morgan fingerprint density at radius 2 is 1.73 bits per heavy atom. The van der Waals surface area contributed by atoms with Crippen LogP contribution in [0.15, 0.2) is 29.2 Å². The van der Waals surface area contributed by atoms with E-state index in [-0.39, 0.29) is 12.5 Å². The minimum absolute atomic E-state index is 0.181. The summed E-state index contributed by atoms with van der Waals surface area (Å²) in [5.74, 6) is -0.222. The van der Waals surface area contributed by atoms with E-state index in [2.05, 4.69) is 16.2 Å². The molecule has 0 saturated carbocycles. The molecule has 0 atom stereocenters. The minimum atomic E-state index is -3.49. The van der Waals surface area contributed by atoms with Crippen molar-refractivity contribution in [3.8, 4) is 0 Å². The number of nitrogens with one attached hydrogen (secondary N) is 3. The average Bonchev–Trinajstić information content (AvgIpc) is 2.61. The second-order valence-electron chi connectivity index (χ2n) is 6.03. The van der Waals surface area contributed by atoms with E-state index in [1.54, 1.807) is 24.3 Å². The molecule has 1 aliphatic heterocycles. The summed E-state index contributed by atoms with van der Waals surface area (Å²) < 4.78 is 26.8. The summed E-state index contributed by atoms with van der Waals surface area (Å²) in [5, 5.41) is 3.22. The van der Waals surface area contributed by atoms with Gasteiger partial charge in [-0.1, -0.05) is 17.7 Å². The van der Waals surface area contributed by atoms with E-state index in [4.69, 9.17) is 12.2 Å². The summed E-state index contributed by atoms with van der Waals surface area (Å²) in [6.45, 7) is 6.37. The molecule has 1 aromatic rings. The lowest BCUT2D eigenvalue weighted by atomic mass is 10.2. The van der Waals surface area contributed by atoms with E-state index < -0.39 is 10.0 Å². The maximum absolute atomic E-state index is 12.7. The van der Waals surface area contributed by atoms with Crippen LogP contribution < -0.4 is 16.2 Å². The fraction of sp³-hybridized carbons (Fsp3) is 0.500. The Bertz CT molecular complexity index is 729. The Morgan fingerprint density at radius 3 is 2.31 bits per heavy atom. The zero-order valence-corrected chi connectivity index (χ0v) is 16.6. The molecule has 0 aromatic heterocycles. The summed E-state index contributed by atoms with van der Waals surface area (Å²) in [5.41, 5.74) is 6.16. The molecule has 0 aliphatic carbocycles. The molecule has 1 heterocycles. The van der Waals surface area contributed by atoms with Gasteiger partial charge in [0.1, 0.15) is 0 Å². The van der Waals surface area contributed by atoms with Gasteiger partial charge >= 0.3 is 0 Å². The van der Waals surface area contributed by atoms with E-state index in [1.807, 2.05) is 18.7 Å². The van der Waals surface area contributed by atoms with Gasteiger partial charge in [-0.25, -0.2) is 8.42 Å². The number of hydrogen-bond donors (Lipinski definition) is 3. The highest BCUT2D eigenvalue weighted by molar-refractivity contribution is 7.89. The fourth-order valence-electron chi connectivity index (χ4n) is 2.56. The molecular weight excluding hydrogens is 374 g/mol. The van der Waals surface area contributed by atoms with Gasteiger partial charge in [0.25, 0.3) is 5.91 Å². The number of aryl methyl sites for hydroxylation is 1. The number of hydrazine groups is 1. The Labute approximate surface area is 159 Å². The lowest BCUT2D eigenvalue weighted by Crippen LogP contribution is -2.53. The van der Waals surface area contributed by atoms with E-state index in [0.717, 1.165) is 5.56 Å². The maximum Gasteiger partial charge on any atom is 0.252 e. The van der Waals surface area contributed by atoms with Crippen LogP contribution in [-0.2, 0) is 14.8 Å². The number of piperazine rings is 1. The van der Waals surface area contributed by atoms with Crippen molar-refractivity contribution in [1.29, 1.82) is 0 Å². The average molecular weight is 400 g/mol. The van der Waals surface area contributed by atoms with Crippen molar-refractivity contribution < 1.29 is 13.2 Å². The molecular formula is C16H25N5O3S2. The van der Waals surface area contributed by atoms with Gasteiger partial charge in [-0.05, 0) is 38.2 Å². The molecule has 3 N–H and O–H groups in total. The van der Waals surface area contributed by atoms with Gasteiger partial charge in [0.2, 0.25) is 10.0 Å². The van der Waals surface area contributed by atoms with Gasteiger partial charge in [0, 0.05) is 32.7 Å². The first-order chi connectivity index (χ1) is 12.3. The lowest BCUT2D eigenvalue weighted by molar-refractivity contribution is -0.123. The highest BCUT2D eigenvalue weighted by Crippen LogP contribution is 2.18. The second kappa shape index (κ2) is 9.26. The van der Waals surface area contributed by atoms with Crippen LogP contribution in [0.2, 0.25) is 0 Å². The third-order valence-electron chi connectivity index (χ3n) is 4.01. The molecule has 26 heavy (non-hydrogen) atoms. The first kappa shape index (κ1) is 20.6. The van der Waals surface area contributed by atoms with Crippen LogP contribution in [0.3, 0.4) is 0 Å². The summed E-state index contributed by atoms with van der Waals surface area (Å²) in [4.78, 5) is 14.1. The number of sulfonamides is 1. The third-order valence-corrected chi connectivity index (χ3v) is 6.17. The summed E-state index contributed by atoms with van der Waals surface area (Å²) in [6, 6.07) is 6.84. The van der Waals surface area contributed by atoms with Crippen LogP contribution in [-0.4, -0.2) is 67.9 Å². The maximum atomic E-state index is 12.7. The fourth-order valence-corrected chi connectivity index (χ4v) is 4.18. The zero-order valence-electron chi connectivity index (χ0n) is 15.0. The molecule has 10 heteroatoms. The van der Waals surface area contributed by atoms with Crippen LogP contribution in [0.1, 0.15) is 12.5 Å². The number of hydrogen-bond acceptors (Lipinski definition) is 5. The first-order valence-electron chi connectivity index (χ1n) is 8.44. The van der Waals surface area contributed by atoms with E-state index in [0.29, 0.717) is 42.7 Å². The van der Waals surface area contributed by atoms with Crippen molar-refractivity contribution >= 4 is 33.3 Å². The van der Waals surface area contributed by atoms with Gasteiger partial charge in [0.05, 0.1) is 11.4 Å². The number of thiocarbonyl (C=S) groups is 1. The van der Waals surface area contributed by atoms with Crippen molar-refractivity contribution in [3.63, 3.8) is 0 Å². The predicted molar refractivity (Wildman–Crippen MR) is 104 cm³/mol. The Morgan fingerprint density at radius 1 is 1.12 bits per heavy atom. The molecule has 1 aliphatic rings. The van der Waals surface area contributed by atoms with Crippen molar-refractivity contribution in [2.75, 3.05) is 39.3 Å². The van der Waals surface area contributed by atoms with Crippen LogP contribution in [0.25, 0.3) is 0 Å². The number of nitrogens with zero attached hydrogens (tertiary/aromatic N) is 2. The quantitative estimate of drug-likeness (QED) is 0.467. The smallest absolute Gasteiger partial charge is 0.252 e. The van der Waals surface area contributed by atoms with E-state index >= 15 is 0 Å². The highest BCUT2D eigenvalue weighted by atomic mass is 32.2. The number of amides is 1. The van der Waals surface area contributed by atoms with Gasteiger partial charge in [-0.3, -0.25) is 20.5 Å². The van der Waals surface area contributed by atoms with Crippen molar-refractivity contribution in [2.24, 2.45) is 0 Å². The SMILES string of the molecule is CCNC(=S)NNC(=O)CN1CCN(S(=O)(=O)c2ccc(C)cc2)CC1. The van der Waals surface area contributed by atoms with E-state index in [1.165, 1.54) is 4.31 Å². The van der Waals surface area contributed by atoms with Gasteiger partial charge < -0.3 is 5.32 Å². The largest absolute Gasteiger partial charge is 0.362 e. The van der Waals surface area contributed by atoms with Crippen molar-refractivity contribution in [3.05, 3.63) is 29.8 Å². The normalized spacial score (nSPS) is 16.1. The highest BCUT2D eigenvalue weighted by Gasteiger charge is 2.28. The summed E-state index contributed by atoms with van der Waals surface area (Å²) in [6.07, 6.45) is 0. The second-order valence-corrected chi connectivity index (χ2v) is 8.37. The number of carbonyl (C=O) groups excluding carboxylic acids is 1. The van der Waals surface area contributed by atoms with Gasteiger partial charge in [-0.2, -0.15) is 4.31 Å². The Hall–Kier alpha value is -1.75. The third kappa shape index (κ3) is 5.63. The van der Waals surface area contributed by atoms with Gasteiger partial charge in [0.15, 0.2) is 5.11 Å². The van der Waals surface area contributed by atoms with Gasteiger partial charge in [-0.15, -0.1) is 0 Å². The molecule has 1 aromatic carbocycles. The van der Waals surface area contributed by atoms with Crippen LogP contribution in [0.5, 0.6) is 0 Å². The van der Waals surface area contributed by atoms with Crippen LogP contribution in [0, 0.1) is 6.92 Å². The molecule has 0 radical (unpaired) electrons. The number of carbonyl (C=O) groups is 1. The zero-order chi connectivity index (χ0) is 19.2. The molecule has 0 unspecified atom stereocenters. The molecule has 1 saturated heterocycles. The monoisotopic (exact) mass is 399 g/mol. The number of rotatable bonds is 5. The van der Waals surface area contributed by atoms with Crippen LogP contribution in [0.4, 0.5) is 0 Å². The van der Waals surface area contributed by atoms with Crippen LogP contribution >= 0.6 is 12.2 Å². The molecule has 0 bridgehead atoms. The Kier molecular flexibility index (Phi) is 7.33. The van der Waals surface area contributed by atoms with Crippen molar-refractivity contribution in [1.82, 2.24) is 25.4 Å². The summed E-state index contributed by atoms with van der Waals surface area (Å²) in [7, 11) is -3.49. The predicted octanol–water partition coefficient (Wildman–Crippen LogP) is -0.183. The molecule has 8 nitrogen and oxygen atoms in total. The minimum Gasteiger partial charge on any atom is -0.362 e. The molecule has 2 rings (SSSR count). The molecule has 1 fully saturated rings. The molecule has 1 amide bonds. The lowest BCUT2D eigenvalue weighted by Gasteiger charge is -2.33. The topological polar surface area (TPSA) is 93.8 Å². The molecule has 144 valence electrons. The first-order valence-corrected chi connectivity index (χ1v) is 10.3. The van der Waals surface area contributed by atoms with E-state index in [9.17, 15) is 13.2 Å². The Balaban J connectivity index is 1.82. The number of benzene rings is 1.